The number of aromatic nitrogens is 3. The van der Waals surface area contributed by atoms with Crippen LogP contribution in [0.25, 0.3) is 22.6 Å². The lowest BCUT2D eigenvalue weighted by Gasteiger charge is -2.04. The van der Waals surface area contributed by atoms with E-state index < -0.39 is 0 Å². The maximum atomic E-state index is 5.20. The van der Waals surface area contributed by atoms with Crippen molar-refractivity contribution in [2.75, 3.05) is 7.11 Å². The molecule has 18 heavy (non-hydrogen) atoms. The molecule has 2 heterocycles. The largest absolute Gasteiger partial charge is 0.495 e. The normalized spacial score (nSPS) is 10.8. The van der Waals surface area contributed by atoms with Crippen molar-refractivity contribution in [3.63, 3.8) is 0 Å². The van der Waals surface area contributed by atoms with Crippen LogP contribution in [0.2, 0.25) is 0 Å². The first-order valence-electron chi connectivity index (χ1n) is 5.74. The number of nitrogens with one attached hydrogen (secondary N) is 1. The molecule has 0 aliphatic carbocycles. The summed E-state index contributed by atoms with van der Waals surface area (Å²) in [6, 6.07) is 11.7. The predicted molar refractivity (Wildman–Crippen MR) is 70.6 cm³/mol. The van der Waals surface area contributed by atoms with Crippen LogP contribution in [0.1, 0.15) is 5.69 Å². The maximum absolute atomic E-state index is 5.20. The van der Waals surface area contributed by atoms with Crippen LogP contribution in [0.15, 0.2) is 36.4 Å². The van der Waals surface area contributed by atoms with Gasteiger partial charge >= 0.3 is 0 Å². The quantitative estimate of drug-likeness (QED) is 0.748. The minimum atomic E-state index is 0.780. The molecule has 1 N–H and O–H groups in total. The number of aryl methyl sites for hydroxylation is 1. The number of hydrogen-bond donors (Lipinski definition) is 1. The van der Waals surface area contributed by atoms with Crippen molar-refractivity contribution in [3.05, 3.63) is 42.1 Å². The number of nitrogens with zero attached hydrogens (tertiary/aromatic N) is 2. The first kappa shape index (κ1) is 10.8. The van der Waals surface area contributed by atoms with Crippen LogP contribution in [-0.4, -0.2) is 22.1 Å². The minimum Gasteiger partial charge on any atom is -0.495 e. The Morgan fingerprint density at radius 1 is 1.06 bits per heavy atom. The van der Waals surface area contributed by atoms with E-state index in [1.807, 2.05) is 43.3 Å². The summed E-state index contributed by atoms with van der Waals surface area (Å²) in [4.78, 5) is 12.3. The van der Waals surface area contributed by atoms with Crippen molar-refractivity contribution in [2.45, 2.75) is 6.92 Å². The van der Waals surface area contributed by atoms with Crippen LogP contribution >= 0.6 is 0 Å². The fourth-order valence-corrected chi connectivity index (χ4v) is 1.97. The Kier molecular flexibility index (Phi) is 2.48. The highest BCUT2D eigenvalue weighted by Crippen LogP contribution is 2.22. The number of methoxy groups -OCH3 is 1. The zero-order chi connectivity index (χ0) is 12.5. The molecule has 0 spiro atoms. The Morgan fingerprint density at radius 2 is 1.89 bits per heavy atom. The zero-order valence-corrected chi connectivity index (χ0v) is 10.3. The summed E-state index contributed by atoms with van der Waals surface area (Å²) < 4.78 is 5.20. The minimum absolute atomic E-state index is 0.780. The van der Waals surface area contributed by atoms with E-state index in [1.165, 1.54) is 0 Å². The first-order chi connectivity index (χ1) is 8.78. The van der Waals surface area contributed by atoms with E-state index >= 15 is 0 Å². The number of H-pyrrole nitrogens is 1. The first-order valence-corrected chi connectivity index (χ1v) is 5.74. The molecule has 0 fully saturated rings. The van der Waals surface area contributed by atoms with Crippen LogP contribution in [0, 0.1) is 6.92 Å². The van der Waals surface area contributed by atoms with Crippen molar-refractivity contribution in [2.24, 2.45) is 0 Å². The third-order valence-electron chi connectivity index (χ3n) is 2.89. The molecule has 0 atom stereocenters. The number of para-hydroxylation sites is 2. The Hall–Kier alpha value is -2.36. The SMILES string of the molecule is COc1ccc(-c2nc3ccccc3[nH]2)nc1C. The van der Waals surface area contributed by atoms with Crippen molar-refractivity contribution in [1.29, 1.82) is 0 Å². The van der Waals surface area contributed by atoms with E-state index in [1.54, 1.807) is 7.11 Å². The number of aromatic amines is 1. The van der Waals surface area contributed by atoms with Gasteiger partial charge in [0.15, 0.2) is 5.82 Å². The smallest absolute Gasteiger partial charge is 0.157 e. The van der Waals surface area contributed by atoms with Crippen LogP contribution in [-0.2, 0) is 0 Å². The summed E-state index contributed by atoms with van der Waals surface area (Å²) in [6.07, 6.45) is 0. The molecule has 0 unspecified atom stereocenters. The zero-order valence-electron chi connectivity index (χ0n) is 10.3. The molecule has 2 aromatic heterocycles. The number of ether oxygens (including phenoxy) is 1. The van der Waals surface area contributed by atoms with Crippen molar-refractivity contribution in [3.8, 4) is 17.3 Å². The predicted octanol–water partition coefficient (Wildman–Crippen LogP) is 2.94. The van der Waals surface area contributed by atoms with Gasteiger partial charge in [-0.2, -0.15) is 0 Å². The molecule has 3 rings (SSSR count). The Bertz CT molecular complexity index is 670. The Labute approximate surface area is 105 Å². The van der Waals surface area contributed by atoms with E-state index in [0.29, 0.717) is 0 Å². The summed E-state index contributed by atoms with van der Waals surface area (Å²) in [5.41, 5.74) is 3.64. The number of rotatable bonds is 2. The molecule has 0 aliphatic rings. The van der Waals surface area contributed by atoms with Crippen molar-refractivity contribution < 1.29 is 4.74 Å². The summed E-state index contributed by atoms with van der Waals surface area (Å²) in [6.45, 7) is 1.92. The van der Waals surface area contributed by atoms with Gasteiger partial charge < -0.3 is 9.72 Å². The highest BCUT2D eigenvalue weighted by atomic mass is 16.5. The van der Waals surface area contributed by atoms with Crippen molar-refractivity contribution in [1.82, 2.24) is 15.0 Å². The molecule has 0 aliphatic heterocycles. The third kappa shape index (κ3) is 1.72. The Morgan fingerprint density at radius 3 is 2.61 bits per heavy atom. The number of imidazole rings is 1. The van der Waals surface area contributed by atoms with Gasteiger partial charge in [0.1, 0.15) is 11.4 Å². The molecule has 0 saturated carbocycles. The molecule has 0 bridgehead atoms. The van der Waals surface area contributed by atoms with Gasteiger partial charge in [0.05, 0.1) is 23.8 Å². The summed E-state index contributed by atoms with van der Waals surface area (Å²) in [5, 5.41) is 0. The number of fused-ring (bicyclic) bond motifs is 1. The lowest BCUT2D eigenvalue weighted by molar-refractivity contribution is 0.409. The number of benzene rings is 1. The molecule has 3 aromatic rings. The van der Waals surface area contributed by atoms with Gasteiger partial charge in [-0.15, -0.1) is 0 Å². The molecule has 4 heteroatoms. The van der Waals surface area contributed by atoms with Gasteiger partial charge in [0.2, 0.25) is 0 Å². The maximum Gasteiger partial charge on any atom is 0.157 e. The summed E-state index contributed by atoms with van der Waals surface area (Å²) in [5.74, 6) is 1.57. The van der Waals surface area contributed by atoms with E-state index in [0.717, 1.165) is 34.0 Å². The van der Waals surface area contributed by atoms with Crippen LogP contribution < -0.4 is 4.74 Å². The van der Waals surface area contributed by atoms with Gasteiger partial charge in [-0.3, -0.25) is 0 Å². The number of pyridine rings is 1. The van der Waals surface area contributed by atoms with Crippen molar-refractivity contribution >= 4 is 11.0 Å². The lowest BCUT2D eigenvalue weighted by Crippen LogP contribution is -1.93. The highest BCUT2D eigenvalue weighted by molar-refractivity contribution is 5.78. The average Bonchev–Trinajstić information content (AvgIpc) is 2.82. The summed E-state index contributed by atoms with van der Waals surface area (Å²) >= 11 is 0. The molecule has 0 radical (unpaired) electrons. The molecule has 0 saturated heterocycles. The fraction of sp³-hybridized carbons (Fsp3) is 0.143. The molecule has 90 valence electrons. The van der Waals surface area contributed by atoms with Gasteiger partial charge in [0, 0.05) is 0 Å². The second-order valence-electron chi connectivity index (χ2n) is 4.09. The van der Waals surface area contributed by atoms with E-state index in [9.17, 15) is 0 Å². The van der Waals surface area contributed by atoms with Crippen LogP contribution in [0.3, 0.4) is 0 Å². The van der Waals surface area contributed by atoms with Crippen LogP contribution in [0.4, 0.5) is 0 Å². The molecule has 0 amide bonds. The Balaban J connectivity index is 2.11. The van der Waals surface area contributed by atoms with Gasteiger partial charge in [-0.1, -0.05) is 12.1 Å². The second-order valence-corrected chi connectivity index (χ2v) is 4.09. The second kappa shape index (κ2) is 4.14. The average molecular weight is 239 g/mol. The fourth-order valence-electron chi connectivity index (χ4n) is 1.97. The molecular formula is C14H13N3O. The highest BCUT2D eigenvalue weighted by Gasteiger charge is 2.08. The van der Waals surface area contributed by atoms with Gasteiger partial charge in [-0.25, -0.2) is 9.97 Å². The monoisotopic (exact) mass is 239 g/mol. The lowest BCUT2D eigenvalue weighted by atomic mass is 10.3. The third-order valence-corrected chi connectivity index (χ3v) is 2.89. The van der Waals surface area contributed by atoms with Gasteiger partial charge in [0.25, 0.3) is 0 Å². The topological polar surface area (TPSA) is 50.8 Å². The number of hydrogen-bond acceptors (Lipinski definition) is 3. The van der Waals surface area contributed by atoms with Gasteiger partial charge in [-0.05, 0) is 31.2 Å². The van der Waals surface area contributed by atoms with Crippen LogP contribution in [0.5, 0.6) is 5.75 Å². The molecule has 1 aromatic carbocycles. The molecular weight excluding hydrogens is 226 g/mol. The molecule has 4 nitrogen and oxygen atoms in total. The standard InChI is InChI=1S/C14H13N3O/c1-9-13(18-2)8-7-12(15-9)14-16-10-5-3-4-6-11(10)17-14/h3-8H,1-2H3,(H,16,17). The van der Waals surface area contributed by atoms with E-state index in [-0.39, 0.29) is 0 Å². The van der Waals surface area contributed by atoms with E-state index in [4.69, 9.17) is 4.74 Å². The summed E-state index contributed by atoms with van der Waals surface area (Å²) in [7, 11) is 1.64. The van der Waals surface area contributed by atoms with E-state index in [2.05, 4.69) is 15.0 Å².